The molecule has 0 bridgehead atoms. The lowest BCUT2D eigenvalue weighted by atomic mass is 9.97. The summed E-state index contributed by atoms with van der Waals surface area (Å²) < 4.78 is 5.26. The Balaban J connectivity index is 0. The van der Waals surface area contributed by atoms with Gasteiger partial charge in [-0.25, -0.2) is 0 Å². The van der Waals surface area contributed by atoms with Crippen LogP contribution in [0.4, 0.5) is 0 Å². The zero-order valence-electron chi connectivity index (χ0n) is 19.9. The van der Waals surface area contributed by atoms with Crippen LogP contribution in [0.2, 0.25) is 0 Å². The third kappa shape index (κ3) is 11.5. The van der Waals surface area contributed by atoms with Gasteiger partial charge in [0.25, 0.3) is 0 Å². The van der Waals surface area contributed by atoms with E-state index in [4.69, 9.17) is 15.6 Å². The fraction of sp³-hybridized carbons (Fsp3) is 0.708. The van der Waals surface area contributed by atoms with E-state index in [-0.39, 0.29) is 12.7 Å². The standard InChI is InChI=1S/C16H28N2.C6H12O2.C2H6/c1-7-10-11-13(5)15(14(6)18-9-3)16(17)12(4)8-2;1-5-2-3-6(4-7)8-5;1-2/h9,11H,7-8,10,17H2,1-6H3;5-7H,2-4H2,1H3;1-2H3/b13-11-,15-14-,16-12-,18-9?;;. The van der Waals surface area contributed by atoms with Crippen molar-refractivity contribution in [2.24, 2.45) is 10.7 Å². The molecule has 1 fully saturated rings. The first-order valence-corrected chi connectivity index (χ1v) is 10.9. The van der Waals surface area contributed by atoms with Gasteiger partial charge in [-0.1, -0.05) is 40.2 Å². The van der Waals surface area contributed by atoms with E-state index < -0.39 is 0 Å². The second-order valence-corrected chi connectivity index (χ2v) is 6.90. The van der Waals surface area contributed by atoms with Gasteiger partial charge >= 0.3 is 0 Å². The summed E-state index contributed by atoms with van der Waals surface area (Å²) in [6.45, 7) is 18.7. The van der Waals surface area contributed by atoms with E-state index in [1.54, 1.807) is 0 Å². The molecule has 1 saturated heterocycles. The first-order valence-electron chi connectivity index (χ1n) is 10.9. The zero-order chi connectivity index (χ0) is 22.1. The quantitative estimate of drug-likeness (QED) is 0.392. The van der Waals surface area contributed by atoms with Crippen LogP contribution >= 0.6 is 0 Å². The number of allylic oxidation sites excluding steroid dienone is 4. The van der Waals surface area contributed by atoms with Crippen LogP contribution in [-0.4, -0.2) is 30.1 Å². The molecule has 0 saturated carbocycles. The highest BCUT2D eigenvalue weighted by Crippen LogP contribution is 2.24. The minimum atomic E-state index is 0.130. The molecule has 0 aromatic heterocycles. The topological polar surface area (TPSA) is 67.8 Å². The Bertz CT molecular complexity index is 531. The molecule has 28 heavy (non-hydrogen) atoms. The third-order valence-electron chi connectivity index (χ3n) is 4.60. The summed E-state index contributed by atoms with van der Waals surface area (Å²) in [4.78, 5) is 4.39. The van der Waals surface area contributed by atoms with Gasteiger partial charge in [0.2, 0.25) is 0 Å². The molecule has 4 heteroatoms. The molecule has 0 spiro atoms. The lowest BCUT2D eigenvalue weighted by Crippen LogP contribution is -2.11. The highest BCUT2D eigenvalue weighted by atomic mass is 16.5. The number of hydrogen-bond acceptors (Lipinski definition) is 4. The van der Waals surface area contributed by atoms with E-state index in [2.05, 4.69) is 38.8 Å². The van der Waals surface area contributed by atoms with Crippen molar-refractivity contribution < 1.29 is 9.84 Å². The first kappa shape index (κ1) is 28.8. The Morgan fingerprint density at radius 3 is 2.14 bits per heavy atom. The Morgan fingerprint density at radius 2 is 1.79 bits per heavy atom. The maximum Gasteiger partial charge on any atom is 0.0810 e. The van der Waals surface area contributed by atoms with Crippen LogP contribution in [0.15, 0.2) is 39.2 Å². The summed E-state index contributed by atoms with van der Waals surface area (Å²) in [6, 6.07) is 0. The highest BCUT2D eigenvalue weighted by molar-refractivity contribution is 5.58. The van der Waals surface area contributed by atoms with Crippen LogP contribution in [0.25, 0.3) is 0 Å². The van der Waals surface area contributed by atoms with E-state index in [1.807, 2.05) is 40.8 Å². The van der Waals surface area contributed by atoms with Crippen LogP contribution in [-0.2, 0) is 4.74 Å². The molecule has 0 amide bonds. The summed E-state index contributed by atoms with van der Waals surface area (Å²) in [5.41, 5.74) is 11.7. The maximum atomic E-state index is 8.56. The molecular weight excluding hydrogens is 348 g/mol. The number of aliphatic imine (C=N–C) groups is 1. The van der Waals surface area contributed by atoms with Gasteiger partial charge in [-0.05, 0) is 71.4 Å². The molecule has 0 aromatic rings. The van der Waals surface area contributed by atoms with Gasteiger partial charge in [0.05, 0.1) is 18.8 Å². The second kappa shape index (κ2) is 17.7. The smallest absolute Gasteiger partial charge is 0.0810 e. The lowest BCUT2D eigenvalue weighted by Gasteiger charge is -2.14. The van der Waals surface area contributed by atoms with E-state index in [1.165, 1.54) is 11.1 Å². The molecule has 2 unspecified atom stereocenters. The first-order chi connectivity index (χ1) is 13.3. The fourth-order valence-electron chi connectivity index (χ4n) is 2.84. The number of nitrogens with two attached hydrogens (primary N) is 1. The van der Waals surface area contributed by atoms with E-state index in [0.29, 0.717) is 6.10 Å². The number of nitrogens with zero attached hydrogens (tertiary/aromatic N) is 1. The van der Waals surface area contributed by atoms with E-state index in [9.17, 15) is 0 Å². The number of ether oxygens (including phenoxy) is 1. The summed E-state index contributed by atoms with van der Waals surface area (Å²) in [5.74, 6) is 0. The Labute approximate surface area is 174 Å². The van der Waals surface area contributed by atoms with Crippen molar-refractivity contribution in [3.05, 3.63) is 34.2 Å². The molecule has 1 rings (SSSR count). The minimum absolute atomic E-state index is 0.130. The Morgan fingerprint density at radius 1 is 1.18 bits per heavy atom. The number of rotatable bonds is 7. The zero-order valence-corrected chi connectivity index (χ0v) is 19.9. The molecule has 1 aliphatic rings. The second-order valence-electron chi connectivity index (χ2n) is 6.90. The van der Waals surface area contributed by atoms with Crippen LogP contribution in [0.3, 0.4) is 0 Å². The molecule has 1 aliphatic heterocycles. The van der Waals surface area contributed by atoms with Crippen molar-refractivity contribution in [1.29, 1.82) is 0 Å². The molecular formula is C24H46N2O2. The van der Waals surface area contributed by atoms with Crippen molar-refractivity contribution >= 4 is 6.21 Å². The number of aliphatic hydroxyl groups excluding tert-OH is 1. The molecule has 0 aliphatic carbocycles. The van der Waals surface area contributed by atoms with Gasteiger partial charge in [-0.3, -0.25) is 4.99 Å². The number of unbranched alkanes of at least 4 members (excludes halogenated alkanes) is 1. The molecule has 3 N–H and O–H groups in total. The predicted molar refractivity (Wildman–Crippen MR) is 125 cm³/mol. The van der Waals surface area contributed by atoms with Crippen molar-refractivity contribution in [1.82, 2.24) is 0 Å². The highest BCUT2D eigenvalue weighted by Gasteiger charge is 2.19. The average Bonchev–Trinajstić information content (AvgIpc) is 3.13. The molecule has 4 nitrogen and oxygen atoms in total. The largest absolute Gasteiger partial charge is 0.398 e. The molecule has 0 radical (unpaired) electrons. The van der Waals surface area contributed by atoms with Gasteiger partial charge in [0.15, 0.2) is 0 Å². The number of aliphatic hydroxyl groups is 1. The SMILES string of the molecule is CC.CC1CCC(CO)O1.CC=N/C(C)=C(C(/C)=C\CCC)\C(N)=C(/C)CC. The number of hydrogen-bond donors (Lipinski definition) is 2. The molecule has 164 valence electrons. The molecule has 0 aromatic carbocycles. The summed E-state index contributed by atoms with van der Waals surface area (Å²) in [6.07, 6.45) is 9.89. The normalized spacial score (nSPS) is 21.3. The van der Waals surface area contributed by atoms with Crippen molar-refractivity contribution in [2.75, 3.05) is 6.61 Å². The monoisotopic (exact) mass is 394 g/mol. The van der Waals surface area contributed by atoms with Crippen molar-refractivity contribution in [2.45, 2.75) is 107 Å². The van der Waals surface area contributed by atoms with Crippen LogP contribution in [0, 0.1) is 0 Å². The third-order valence-corrected chi connectivity index (χ3v) is 4.60. The molecule has 2 atom stereocenters. The van der Waals surface area contributed by atoms with E-state index in [0.717, 1.165) is 49.1 Å². The fourth-order valence-corrected chi connectivity index (χ4v) is 2.84. The lowest BCUT2D eigenvalue weighted by molar-refractivity contribution is 0.0198. The van der Waals surface area contributed by atoms with Gasteiger partial charge in [0.1, 0.15) is 0 Å². The van der Waals surface area contributed by atoms with Gasteiger partial charge < -0.3 is 15.6 Å². The minimum Gasteiger partial charge on any atom is -0.398 e. The van der Waals surface area contributed by atoms with Gasteiger partial charge in [-0.2, -0.15) is 0 Å². The summed E-state index contributed by atoms with van der Waals surface area (Å²) in [7, 11) is 0. The Kier molecular flexibility index (Phi) is 18.2. The maximum absolute atomic E-state index is 8.56. The van der Waals surface area contributed by atoms with Crippen LogP contribution in [0.5, 0.6) is 0 Å². The van der Waals surface area contributed by atoms with Gasteiger partial charge in [-0.15, -0.1) is 0 Å². The van der Waals surface area contributed by atoms with Crippen LogP contribution < -0.4 is 5.73 Å². The van der Waals surface area contributed by atoms with Crippen molar-refractivity contribution in [3.63, 3.8) is 0 Å². The Hall–Kier alpha value is -1.39. The predicted octanol–water partition coefficient (Wildman–Crippen LogP) is 6.31. The molecule has 1 heterocycles. The summed E-state index contributed by atoms with van der Waals surface area (Å²) >= 11 is 0. The summed E-state index contributed by atoms with van der Waals surface area (Å²) in [5, 5.41) is 8.56. The van der Waals surface area contributed by atoms with Crippen molar-refractivity contribution in [3.8, 4) is 0 Å². The van der Waals surface area contributed by atoms with Gasteiger partial charge in [0, 0.05) is 23.2 Å². The average molecular weight is 395 g/mol. The van der Waals surface area contributed by atoms with Crippen LogP contribution in [0.1, 0.15) is 94.4 Å². The van der Waals surface area contributed by atoms with E-state index >= 15 is 0 Å².